The predicted molar refractivity (Wildman–Crippen MR) is 151 cm³/mol. The molecule has 4 heteroatoms. The van der Waals surface area contributed by atoms with Gasteiger partial charge in [0.25, 0.3) is 0 Å². The summed E-state index contributed by atoms with van der Waals surface area (Å²) in [6, 6.07) is 0.0854. The largest absolute Gasteiger partial charge is 0.393 e. The summed E-state index contributed by atoms with van der Waals surface area (Å²) in [5.41, 5.74) is 5.31. The van der Waals surface area contributed by atoms with Crippen LogP contribution in [0.1, 0.15) is 119 Å². The molecule has 5 N–H and O–H groups in total. The smallest absolute Gasteiger partial charge is 0.0880 e. The van der Waals surface area contributed by atoms with Crippen LogP contribution in [0.15, 0.2) is 0 Å². The molecule has 4 saturated carbocycles. The Morgan fingerprint density at radius 2 is 1.69 bits per heavy atom. The second-order valence-corrected chi connectivity index (χ2v) is 14.9. The molecule has 2 unspecified atom stereocenters. The molecule has 0 amide bonds. The van der Waals surface area contributed by atoms with Crippen molar-refractivity contribution in [1.29, 1.82) is 0 Å². The van der Waals surface area contributed by atoms with Crippen LogP contribution in [0.25, 0.3) is 0 Å². The normalized spacial score (nSPS) is 46.2. The summed E-state index contributed by atoms with van der Waals surface area (Å²) >= 11 is 0. The molecule has 0 aromatic rings. The average Bonchev–Trinajstić information content (AvgIpc) is 3.18. The third-order valence-corrected chi connectivity index (χ3v) is 12.9. The van der Waals surface area contributed by atoms with Crippen molar-refractivity contribution in [2.24, 2.45) is 58.0 Å². The molecule has 4 aliphatic rings. The van der Waals surface area contributed by atoms with E-state index in [1.54, 1.807) is 0 Å². The number of rotatable bonds is 10. The van der Waals surface area contributed by atoms with Crippen LogP contribution in [0.2, 0.25) is 0 Å². The first-order valence-corrected chi connectivity index (χ1v) is 15.8. The van der Waals surface area contributed by atoms with E-state index >= 15 is 0 Å². The van der Waals surface area contributed by atoms with Crippen molar-refractivity contribution in [3.05, 3.63) is 0 Å². The van der Waals surface area contributed by atoms with Gasteiger partial charge in [0.05, 0.1) is 11.7 Å². The lowest BCUT2D eigenvalue weighted by atomic mass is 9.42. The molecule has 0 aromatic carbocycles. The van der Waals surface area contributed by atoms with Gasteiger partial charge in [-0.2, -0.15) is 0 Å². The van der Waals surface area contributed by atoms with Gasteiger partial charge in [-0.1, -0.05) is 54.4 Å². The van der Waals surface area contributed by atoms with Crippen LogP contribution in [0, 0.1) is 52.3 Å². The number of unbranched alkanes of at least 4 members (excludes halogenated alkanes) is 1. The van der Waals surface area contributed by atoms with Crippen molar-refractivity contribution in [3.63, 3.8) is 0 Å². The van der Waals surface area contributed by atoms with Gasteiger partial charge in [-0.25, -0.2) is 0 Å². The van der Waals surface area contributed by atoms with Crippen LogP contribution in [0.4, 0.5) is 0 Å². The first-order chi connectivity index (χ1) is 17.0. The lowest BCUT2D eigenvalue weighted by Crippen LogP contribution is -2.71. The van der Waals surface area contributed by atoms with Crippen molar-refractivity contribution in [2.45, 2.75) is 136 Å². The van der Waals surface area contributed by atoms with Crippen LogP contribution >= 0.6 is 0 Å². The summed E-state index contributed by atoms with van der Waals surface area (Å²) < 4.78 is 0. The maximum Gasteiger partial charge on any atom is 0.0880 e. The monoisotopic (exact) mass is 504 g/mol. The Bertz CT molecular complexity index is 729. The van der Waals surface area contributed by atoms with Crippen molar-refractivity contribution >= 4 is 0 Å². The van der Waals surface area contributed by atoms with Crippen LogP contribution in [0.3, 0.4) is 0 Å². The Morgan fingerprint density at radius 1 is 0.944 bits per heavy atom. The molecule has 210 valence electrons. The van der Waals surface area contributed by atoms with Gasteiger partial charge in [-0.3, -0.25) is 0 Å². The molecular weight excluding hydrogens is 444 g/mol. The minimum atomic E-state index is -0.805. The summed E-state index contributed by atoms with van der Waals surface area (Å²) in [6.07, 6.45) is 13.3. The molecule has 0 aliphatic heterocycles. The zero-order valence-corrected chi connectivity index (χ0v) is 24.6. The third kappa shape index (κ3) is 4.95. The summed E-state index contributed by atoms with van der Waals surface area (Å²) in [5, 5.41) is 26.8. The van der Waals surface area contributed by atoms with E-state index in [1.807, 2.05) is 0 Å². The highest BCUT2D eigenvalue weighted by atomic mass is 16.3. The SMILES string of the molecule is CC(C)C(C)CCC(C)[C@H]1CC[C@H]2[C@@H]3C[C@@H](NCCCCN)[C@@]4(O)C[C@@H](O)CC[C@]4(C)[C@H]3CC[C@]12C. The number of aliphatic hydroxyl groups excluding tert-OH is 1. The number of aliphatic hydroxyl groups is 2. The van der Waals surface area contributed by atoms with Crippen LogP contribution < -0.4 is 11.1 Å². The maximum absolute atomic E-state index is 12.3. The molecule has 0 radical (unpaired) electrons. The predicted octanol–water partition coefficient (Wildman–Crippen LogP) is 6.14. The molecule has 4 fully saturated rings. The van der Waals surface area contributed by atoms with Crippen LogP contribution in [-0.2, 0) is 0 Å². The molecule has 36 heavy (non-hydrogen) atoms. The van der Waals surface area contributed by atoms with Gasteiger partial charge >= 0.3 is 0 Å². The van der Waals surface area contributed by atoms with Gasteiger partial charge in [0.15, 0.2) is 0 Å². The van der Waals surface area contributed by atoms with Crippen LogP contribution in [0.5, 0.6) is 0 Å². The molecular formula is C32H60N2O2. The van der Waals surface area contributed by atoms with E-state index < -0.39 is 5.60 Å². The fourth-order valence-corrected chi connectivity index (χ4v) is 10.1. The lowest BCUT2D eigenvalue weighted by molar-refractivity contribution is -0.234. The molecule has 0 spiro atoms. The van der Waals surface area contributed by atoms with E-state index in [0.29, 0.717) is 23.7 Å². The van der Waals surface area contributed by atoms with Gasteiger partial charge in [-0.15, -0.1) is 0 Å². The number of fused-ring (bicyclic) bond motifs is 5. The van der Waals surface area contributed by atoms with Crippen molar-refractivity contribution in [1.82, 2.24) is 5.32 Å². The third-order valence-electron chi connectivity index (χ3n) is 12.9. The fourth-order valence-electron chi connectivity index (χ4n) is 10.1. The van der Waals surface area contributed by atoms with Crippen molar-refractivity contribution < 1.29 is 10.2 Å². The second-order valence-electron chi connectivity index (χ2n) is 14.9. The summed E-state index contributed by atoms with van der Waals surface area (Å²) in [7, 11) is 0. The molecule has 11 atom stereocenters. The van der Waals surface area contributed by atoms with E-state index in [4.69, 9.17) is 5.73 Å². The Morgan fingerprint density at radius 3 is 2.39 bits per heavy atom. The van der Waals surface area contributed by atoms with E-state index in [-0.39, 0.29) is 17.6 Å². The summed E-state index contributed by atoms with van der Waals surface area (Å²) in [5.74, 6) is 5.33. The number of nitrogens with one attached hydrogen (secondary N) is 1. The zero-order chi connectivity index (χ0) is 26.3. The lowest BCUT2D eigenvalue weighted by Gasteiger charge is -2.66. The first kappa shape index (κ1) is 28.8. The standard InChI is InChI=1S/C32H60N2O2/c1-21(2)22(3)9-10-23(4)26-11-12-27-25-19-29(34-18-8-7-17-33)32(36)20-24(35)13-16-31(32,6)28(25)14-15-30(26,27)5/h21-29,34-36H,7-20,33H2,1-6H3/t22?,23?,24-,25-,26+,27-,28-,29+,30+,31+,32-/m0/s1. The molecule has 4 nitrogen and oxygen atoms in total. The molecule has 4 aliphatic carbocycles. The first-order valence-electron chi connectivity index (χ1n) is 15.8. The van der Waals surface area contributed by atoms with E-state index in [0.717, 1.165) is 74.8 Å². The molecule has 0 aromatic heterocycles. The van der Waals surface area contributed by atoms with Gasteiger partial charge in [-0.05, 0) is 118 Å². The second kappa shape index (κ2) is 11.1. The molecule has 0 saturated heterocycles. The Balaban J connectivity index is 1.54. The summed E-state index contributed by atoms with van der Waals surface area (Å²) in [6.45, 7) is 16.5. The molecule has 4 rings (SSSR count). The highest BCUT2D eigenvalue weighted by Crippen LogP contribution is 2.69. The van der Waals surface area contributed by atoms with E-state index in [2.05, 4.69) is 46.9 Å². The summed E-state index contributed by atoms with van der Waals surface area (Å²) in [4.78, 5) is 0. The van der Waals surface area contributed by atoms with Gasteiger partial charge in [0.1, 0.15) is 0 Å². The average molecular weight is 505 g/mol. The highest BCUT2D eigenvalue weighted by Gasteiger charge is 2.67. The minimum Gasteiger partial charge on any atom is -0.393 e. The van der Waals surface area contributed by atoms with E-state index in [9.17, 15) is 10.2 Å². The topological polar surface area (TPSA) is 78.5 Å². The molecule has 0 heterocycles. The van der Waals surface area contributed by atoms with Crippen molar-refractivity contribution in [3.8, 4) is 0 Å². The zero-order valence-electron chi connectivity index (χ0n) is 24.6. The Hall–Kier alpha value is -0.160. The number of hydrogen-bond acceptors (Lipinski definition) is 4. The fraction of sp³-hybridized carbons (Fsp3) is 1.00. The quantitative estimate of drug-likeness (QED) is 0.270. The van der Waals surface area contributed by atoms with Gasteiger partial charge in [0, 0.05) is 17.9 Å². The van der Waals surface area contributed by atoms with Crippen molar-refractivity contribution in [2.75, 3.05) is 13.1 Å². The van der Waals surface area contributed by atoms with Crippen LogP contribution in [-0.4, -0.2) is 41.0 Å². The minimum absolute atomic E-state index is 0.0854. The Labute approximate surface area is 223 Å². The Kier molecular flexibility index (Phi) is 8.93. The number of nitrogens with two attached hydrogens (primary N) is 1. The van der Waals surface area contributed by atoms with Gasteiger partial charge < -0.3 is 21.3 Å². The highest BCUT2D eigenvalue weighted by molar-refractivity contribution is 5.18. The number of hydrogen-bond donors (Lipinski definition) is 4. The van der Waals surface area contributed by atoms with E-state index in [1.165, 1.54) is 38.5 Å². The van der Waals surface area contributed by atoms with Gasteiger partial charge in [0.2, 0.25) is 0 Å². The maximum atomic E-state index is 12.3. The molecule has 0 bridgehead atoms.